The Kier molecular flexibility index (Phi) is 7.27. The number of hydrogen-bond donors (Lipinski definition) is 2. The van der Waals surface area contributed by atoms with E-state index in [9.17, 15) is 23.1 Å². The number of fused-ring (bicyclic) bond motifs is 1. The SMILES string of the molecule is O=C(N[C@H]1CC2=C(c3ccn(C(F)F)n3)[C@H](c3ccc(F)cc3Cl)N=C(c3nccs3)N2C1)N1CCC(O)CC1. The molecule has 5 heterocycles. The van der Waals surface area contributed by atoms with Gasteiger partial charge in [-0.1, -0.05) is 17.7 Å². The van der Waals surface area contributed by atoms with Crippen LogP contribution in [-0.2, 0) is 0 Å². The average Bonchev–Trinajstić information content (AvgIpc) is 3.69. The Labute approximate surface area is 236 Å². The highest BCUT2D eigenvalue weighted by Crippen LogP contribution is 2.46. The third-order valence-electron chi connectivity index (χ3n) is 7.30. The number of nitrogens with zero attached hydrogens (tertiary/aromatic N) is 6. The standard InChI is InChI=1S/C26H25ClF3N7O2S/c27-18-11-14(28)1-2-17(18)22-21(19-5-9-37(34-19)25(29)30)20-12-15(32-26(39)35-7-3-16(38)4-8-35)13-36(20)23(33-22)24-31-6-10-40-24/h1-2,5-6,9-11,15-16,22,25,38H,3-4,7-8,12-13H2,(H,32,39)/t15-,22-/m0/s1. The summed E-state index contributed by atoms with van der Waals surface area (Å²) >= 11 is 7.88. The maximum atomic E-state index is 14.0. The van der Waals surface area contributed by atoms with Crippen molar-refractivity contribution < 1.29 is 23.1 Å². The molecule has 0 saturated carbocycles. The molecule has 14 heteroatoms. The third kappa shape index (κ3) is 5.08. The summed E-state index contributed by atoms with van der Waals surface area (Å²) in [4.78, 5) is 26.1. The van der Waals surface area contributed by atoms with Gasteiger partial charge in [-0.2, -0.15) is 13.9 Å². The first-order chi connectivity index (χ1) is 19.3. The number of amidine groups is 1. The smallest absolute Gasteiger partial charge is 0.333 e. The number of nitrogens with one attached hydrogen (secondary N) is 1. The van der Waals surface area contributed by atoms with Crippen LogP contribution < -0.4 is 5.32 Å². The molecule has 2 fully saturated rings. The Morgan fingerprint density at radius 2 is 2.02 bits per heavy atom. The number of thiazole rings is 1. The van der Waals surface area contributed by atoms with Gasteiger partial charge in [0.2, 0.25) is 0 Å². The Hall–Kier alpha value is -3.42. The second-order valence-corrected chi connectivity index (χ2v) is 11.2. The van der Waals surface area contributed by atoms with Crippen molar-refractivity contribution in [3.05, 3.63) is 74.8 Å². The minimum Gasteiger partial charge on any atom is -0.393 e. The van der Waals surface area contributed by atoms with Crippen LogP contribution in [0.3, 0.4) is 0 Å². The predicted octanol–water partition coefficient (Wildman–Crippen LogP) is 4.68. The topological polar surface area (TPSA) is 98.9 Å². The van der Waals surface area contributed by atoms with Gasteiger partial charge >= 0.3 is 12.6 Å². The van der Waals surface area contributed by atoms with Gasteiger partial charge in [-0.25, -0.2) is 18.9 Å². The molecule has 1 aromatic carbocycles. The summed E-state index contributed by atoms with van der Waals surface area (Å²) in [6.07, 6.45) is 3.86. The van der Waals surface area contributed by atoms with Crippen molar-refractivity contribution in [1.82, 2.24) is 29.9 Å². The maximum Gasteiger partial charge on any atom is 0.333 e. The van der Waals surface area contributed by atoms with Crippen molar-refractivity contribution in [2.75, 3.05) is 19.6 Å². The number of urea groups is 1. The number of carbonyl (C=O) groups excluding carboxylic acids is 1. The van der Waals surface area contributed by atoms with Crippen molar-refractivity contribution in [2.45, 2.75) is 44.0 Å². The van der Waals surface area contributed by atoms with Crippen LogP contribution in [-0.4, -0.2) is 73.3 Å². The number of carbonyl (C=O) groups is 1. The van der Waals surface area contributed by atoms with E-state index in [4.69, 9.17) is 16.6 Å². The summed E-state index contributed by atoms with van der Waals surface area (Å²) in [7, 11) is 0. The van der Waals surface area contributed by atoms with Crippen molar-refractivity contribution >= 4 is 40.4 Å². The van der Waals surface area contributed by atoms with Gasteiger partial charge in [0.25, 0.3) is 0 Å². The molecule has 6 rings (SSSR count). The van der Waals surface area contributed by atoms with Crippen molar-refractivity contribution in [1.29, 1.82) is 0 Å². The quantitative estimate of drug-likeness (QED) is 0.449. The molecule has 0 radical (unpaired) electrons. The van der Waals surface area contributed by atoms with Gasteiger partial charge in [0.1, 0.15) is 11.9 Å². The van der Waals surface area contributed by atoms with Crippen LogP contribution in [0.15, 0.2) is 52.7 Å². The van der Waals surface area contributed by atoms with Crippen molar-refractivity contribution in [2.24, 2.45) is 4.99 Å². The molecular weight excluding hydrogens is 567 g/mol. The molecule has 9 nitrogen and oxygen atoms in total. The summed E-state index contributed by atoms with van der Waals surface area (Å²) in [5.41, 5.74) is 2.06. The lowest BCUT2D eigenvalue weighted by Gasteiger charge is -2.32. The molecule has 2 aromatic heterocycles. The van der Waals surface area contributed by atoms with Crippen molar-refractivity contribution in [3.63, 3.8) is 0 Å². The fourth-order valence-corrected chi connectivity index (χ4v) is 6.30. The van der Waals surface area contributed by atoms with E-state index >= 15 is 0 Å². The highest BCUT2D eigenvalue weighted by atomic mass is 35.5. The lowest BCUT2D eigenvalue weighted by atomic mass is 9.92. The van der Waals surface area contributed by atoms with Crippen LogP contribution in [0.1, 0.15) is 48.1 Å². The van der Waals surface area contributed by atoms with Gasteiger partial charge in [-0.15, -0.1) is 11.3 Å². The Balaban J connectivity index is 1.42. The number of hydrogen-bond acceptors (Lipinski definition) is 7. The van der Waals surface area contributed by atoms with Crippen LogP contribution in [0.25, 0.3) is 5.57 Å². The molecule has 0 bridgehead atoms. The lowest BCUT2D eigenvalue weighted by molar-refractivity contribution is 0.0564. The van der Waals surface area contributed by atoms with Gasteiger partial charge < -0.3 is 20.2 Å². The van der Waals surface area contributed by atoms with Gasteiger partial charge in [-0.05, 0) is 31.0 Å². The van der Waals surface area contributed by atoms with E-state index in [-0.39, 0.29) is 22.8 Å². The monoisotopic (exact) mass is 591 g/mol. The fraction of sp³-hybridized carbons (Fsp3) is 0.385. The van der Waals surface area contributed by atoms with E-state index in [2.05, 4.69) is 15.4 Å². The molecule has 0 unspecified atom stereocenters. The number of benzene rings is 1. The van der Waals surface area contributed by atoms with E-state index in [1.807, 2.05) is 10.3 Å². The van der Waals surface area contributed by atoms with Crippen LogP contribution in [0.5, 0.6) is 0 Å². The highest BCUT2D eigenvalue weighted by molar-refractivity contribution is 7.11. The van der Waals surface area contributed by atoms with E-state index in [1.54, 1.807) is 11.1 Å². The minimum atomic E-state index is -2.83. The molecule has 2 N–H and O–H groups in total. The number of halogens is 4. The molecule has 3 aliphatic rings. The molecule has 40 heavy (non-hydrogen) atoms. The molecule has 210 valence electrons. The van der Waals surface area contributed by atoms with Crippen LogP contribution >= 0.6 is 22.9 Å². The number of aliphatic imine (C=N–C) groups is 1. The molecule has 0 spiro atoms. The average molecular weight is 592 g/mol. The first-order valence-electron chi connectivity index (χ1n) is 12.8. The molecule has 0 aliphatic carbocycles. The third-order valence-corrected chi connectivity index (χ3v) is 8.40. The zero-order valence-corrected chi connectivity index (χ0v) is 22.6. The van der Waals surface area contributed by atoms with Crippen molar-refractivity contribution in [3.8, 4) is 0 Å². The van der Waals surface area contributed by atoms with Gasteiger partial charge in [0.15, 0.2) is 10.8 Å². The molecule has 2 amide bonds. The first-order valence-corrected chi connectivity index (χ1v) is 14.0. The molecular formula is C26H25ClF3N7O2S. The second-order valence-electron chi connectivity index (χ2n) is 9.86. The summed E-state index contributed by atoms with van der Waals surface area (Å²) in [6.45, 7) is -1.54. The minimum absolute atomic E-state index is 0.141. The number of alkyl halides is 2. The molecule has 2 atom stereocenters. The molecule has 3 aromatic rings. The summed E-state index contributed by atoms with van der Waals surface area (Å²) in [5, 5.41) is 19.6. The van der Waals surface area contributed by atoms with Gasteiger partial charge in [-0.3, -0.25) is 4.99 Å². The summed E-state index contributed by atoms with van der Waals surface area (Å²) in [5.74, 6) is 0.0330. The second kappa shape index (κ2) is 10.9. The van der Waals surface area contributed by atoms with E-state index in [0.717, 1.165) is 5.70 Å². The predicted molar refractivity (Wildman–Crippen MR) is 144 cm³/mol. The normalized spacial score (nSPS) is 21.7. The number of aromatic nitrogens is 3. The Morgan fingerprint density at radius 1 is 1.23 bits per heavy atom. The van der Waals surface area contributed by atoms with E-state index in [1.165, 1.54) is 41.8 Å². The number of aliphatic hydroxyl groups is 1. The fourth-order valence-electron chi connectivity index (χ4n) is 5.39. The van der Waals surface area contributed by atoms with Gasteiger partial charge in [0.05, 0.1) is 17.8 Å². The molecule has 2 saturated heterocycles. The van der Waals surface area contributed by atoms with Crippen LogP contribution in [0.2, 0.25) is 5.02 Å². The summed E-state index contributed by atoms with van der Waals surface area (Å²) in [6, 6.07) is 4.16. The van der Waals surface area contributed by atoms with E-state index < -0.39 is 24.5 Å². The highest BCUT2D eigenvalue weighted by Gasteiger charge is 2.41. The zero-order chi connectivity index (χ0) is 28.0. The number of rotatable bonds is 5. The lowest BCUT2D eigenvalue weighted by Crippen LogP contribution is -2.49. The number of piperidine rings is 1. The van der Waals surface area contributed by atoms with Crippen LogP contribution in [0.4, 0.5) is 18.0 Å². The van der Waals surface area contributed by atoms with Crippen LogP contribution in [0, 0.1) is 5.82 Å². The summed E-state index contributed by atoms with van der Waals surface area (Å²) < 4.78 is 41.6. The van der Waals surface area contributed by atoms with Gasteiger partial charge in [0, 0.05) is 65.7 Å². The van der Waals surface area contributed by atoms with E-state index in [0.29, 0.717) is 65.6 Å². The maximum absolute atomic E-state index is 14.0. The Bertz CT molecular complexity index is 1470. The number of amides is 2. The molecule has 3 aliphatic heterocycles. The number of likely N-dealkylation sites (tertiary alicyclic amines) is 1. The Morgan fingerprint density at radius 3 is 2.70 bits per heavy atom. The largest absolute Gasteiger partial charge is 0.393 e. The zero-order valence-electron chi connectivity index (χ0n) is 21.1. The number of aliphatic hydroxyl groups excluding tert-OH is 1. The first kappa shape index (κ1) is 26.8.